The van der Waals surface area contributed by atoms with Gasteiger partial charge in [0, 0.05) is 6.54 Å². The molecule has 0 amide bonds. The van der Waals surface area contributed by atoms with Gasteiger partial charge in [-0.05, 0) is 19.8 Å². The van der Waals surface area contributed by atoms with Crippen LogP contribution in [0.25, 0.3) is 0 Å². The minimum absolute atomic E-state index is 0.726. The maximum absolute atomic E-state index is 5.45. The van der Waals surface area contributed by atoms with Gasteiger partial charge in [0.15, 0.2) is 0 Å². The maximum Gasteiger partial charge on any atom is 0.0140 e. The Morgan fingerprint density at radius 3 is 2.67 bits per heavy atom. The van der Waals surface area contributed by atoms with Gasteiger partial charge < -0.3 is 5.73 Å². The molecule has 9 heavy (non-hydrogen) atoms. The summed E-state index contributed by atoms with van der Waals surface area (Å²) in [5, 5.41) is 0. The van der Waals surface area contributed by atoms with Gasteiger partial charge in [0.05, 0.1) is 0 Å². The van der Waals surface area contributed by atoms with Crippen LogP contribution in [0.15, 0.2) is 23.3 Å². The van der Waals surface area contributed by atoms with E-state index >= 15 is 0 Å². The summed E-state index contributed by atoms with van der Waals surface area (Å²) in [6.45, 7) is 2.88. The highest BCUT2D eigenvalue weighted by molar-refractivity contribution is 5.23. The van der Waals surface area contributed by atoms with Crippen molar-refractivity contribution in [2.75, 3.05) is 6.54 Å². The first kappa shape index (κ1) is 6.56. The third-order valence-corrected chi connectivity index (χ3v) is 1.71. The molecule has 1 heteroatoms. The zero-order valence-corrected chi connectivity index (χ0v) is 5.85. The Morgan fingerprint density at radius 1 is 1.44 bits per heavy atom. The summed E-state index contributed by atoms with van der Waals surface area (Å²) in [7, 11) is 0. The van der Waals surface area contributed by atoms with Crippen LogP contribution in [0.5, 0.6) is 0 Å². The summed E-state index contributed by atoms with van der Waals surface area (Å²) in [5.41, 5.74) is 8.29. The predicted octanol–water partition coefficient (Wildman–Crippen LogP) is 1.61. The molecule has 0 unspecified atom stereocenters. The van der Waals surface area contributed by atoms with Crippen LogP contribution < -0.4 is 5.73 Å². The van der Waals surface area contributed by atoms with Crippen molar-refractivity contribution in [3.8, 4) is 0 Å². The van der Waals surface area contributed by atoms with Crippen molar-refractivity contribution in [2.45, 2.75) is 19.8 Å². The molecular weight excluding hydrogens is 110 g/mol. The van der Waals surface area contributed by atoms with Crippen molar-refractivity contribution < 1.29 is 0 Å². The van der Waals surface area contributed by atoms with Crippen LogP contribution in [0.4, 0.5) is 0 Å². The molecule has 0 fully saturated rings. The van der Waals surface area contributed by atoms with Gasteiger partial charge >= 0.3 is 0 Å². The van der Waals surface area contributed by atoms with E-state index in [1.165, 1.54) is 24.0 Å². The molecule has 0 aromatic heterocycles. The summed E-state index contributed by atoms with van der Waals surface area (Å²) >= 11 is 0. The number of hydrogen-bond acceptors (Lipinski definition) is 1. The molecule has 0 atom stereocenters. The Hall–Kier alpha value is -0.560. The highest BCUT2D eigenvalue weighted by Gasteiger charge is 1.99. The SMILES string of the molecule is CC1=CC=C(CN)CC1. The summed E-state index contributed by atoms with van der Waals surface area (Å²) < 4.78 is 0. The van der Waals surface area contributed by atoms with E-state index < -0.39 is 0 Å². The van der Waals surface area contributed by atoms with Crippen LogP contribution in [0, 0.1) is 0 Å². The van der Waals surface area contributed by atoms with Crippen LogP contribution in [0.3, 0.4) is 0 Å². The van der Waals surface area contributed by atoms with Crippen LogP contribution in [0.2, 0.25) is 0 Å². The monoisotopic (exact) mass is 123 g/mol. The predicted molar refractivity (Wildman–Crippen MR) is 40.1 cm³/mol. The molecule has 0 heterocycles. The van der Waals surface area contributed by atoms with Gasteiger partial charge in [-0.15, -0.1) is 0 Å². The number of nitrogens with two attached hydrogens (primary N) is 1. The minimum Gasteiger partial charge on any atom is -0.327 e. The summed E-state index contributed by atoms with van der Waals surface area (Å²) in [6, 6.07) is 0. The zero-order valence-electron chi connectivity index (χ0n) is 5.85. The van der Waals surface area contributed by atoms with Gasteiger partial charge in [-0.2, -0.15) is 0 Å². The lowest BCUT2D eigenvalue weighted by Crippen LogP contribution is -2.04. The van der Waals surface area contributed by atoms with Crippen LogP contribution in [0.1, 0.15) is 19.8 Å². The number of hydrogen-bond donors (Lipinski definition) is 1. The smallest absolute Gasteiger partial charge is 0.0140 e. The highest BCUT2D eigenvalue weighted by atomic mass is 14.5. The summed E-state index contributed by atoms with van der Waals surface area (Å²) in [6.07, 6.45) is 6.66. The Labute approximate surface area is 56.2 Å². The van der Waals surface area contributed by atoms with Crippen molar-refractivity contribution in [2.24, 2.45) is 5.73 Å². The second kappa shape index (κ2) is 2.83. The van der Waals surface area contributed by atoms with Crippen molar-refractivity contribution in [1.82, 2.24) is 0 Å². The van der Waals surface area contributed by atoms with Crippen LogP contribution >= 0.6 is 0 Å². The van der Waals surface area contributed by atoms with Crippen LogP contribution in [-0.4, -0.2) is 6.54 Å². The average Bonchev–Trinajstić information content (AvgIpc) is 1.90. The second-order valence-electron chi connectivity index (χ2n) is 2.54. The van der Waals surface area contributed by atoms with E-state index in [-0.39, 0.29) is 0 Å². The van der Waals surface area contributed by atoms with E-state index in [4.69, 9.17) is 5.73 Å². The van der Waals surface area contributed by atoms with Gasteiger partial charge in [-0.3, -0.25) is 0 Å². The molecule has 1 aliphatic carbocycles. The molecule has 50 valence electrons. The molecule has 2 N–H and O–H groups in total. The Morgan fingerprint density at radius 2 is 2.22 bits per heavy atom. The average molecular weight is 123 g/mol. The van der Waals surface area contributed by atoms with E-state index in [1.54, 1.807) is 0 Å². The van der Waals surface area contributed by atoms with E-state index in [0.717, 1.165) is 6.54 Å². The number of rotatable bonds is 1. The molecule has 1 rings (SSSR count). The number of allylic oxidation sites excluding steroid dienone is 3. The van der Waals surface area contributed by atoms with Crippen molar-refractivity contribution in [3.63, 3.8) is 0 Å². The van der Waals surface area contributed by atoms with Gasteiger partial charge in [0.25, 0.3) is 0 Å². The van der Waals surface area contributed by atoms with E-state index in [2.05, 4.69) is 19.1 Å². The fourth-order valence-corrected chi connectivity index (χ4v) is 0.955. The summed E-state index contributed by atoms with van der Waals surface area (Å²) in [5.74, 6) is 0. The lowest BCUT2D eigenvalue weighted by molar-refractivity contribution is 0.874. The molecular formula is C8H13N. The van der Waals surface area contributed by atoms with Crippen molar-refractivity contribution >= 4 is 0 Å². The Bertz CT molecular complexity index is 154. The lowest BCUT2D eigenvalue weighted by Gasteiger charge is -2.08. The van der Waals surface area contributed by atoms with Gasteiger partial charge in [-0.25, -0.2) is 0 Å². The molecule has 0 saturated heterocycles. The Balaban J connectivity index is 2.59. The quantitative estimate of drug-likeness (QED) is 0.563. The Kier molecular flexibility index (Phi) is 2.06. The van der Waals surface area contributed by atoms with Crippen molar-refractivity contribution in [1.29, 1.82) is 0 Å². The molecule has 0 aromatic carbocycles. The molecule has 0 bridgehead atoms. The van der Waals surface area contributed by atoms with Crippen molar-refractivity contribution in [3.05, 3.63) is 23.3 Å². The van der Waals surface area contributed by atoms with Gasteiger partial charge in [-0.1, -0.05) is 23.3 Å². The topological polar surface area (TPSA) is 26.0 Å². The third-order valence-electron chi connectivity index (χ3n) is 1.71. The van der Waals surface area contributed by atoms with Gasteiger partial charge in [0.2, 0.25) is 0 Å². The fraction of sp³-hybridized carbons (Fsp3) is 0.500. The highest BCUT2D eigenvalue weighted by Crippen LogP contribution is 2.15. The molecule has 0 radical (unpaired) electrons. The summed E-state index contributed by atoms with van der Waals surface area (Å²) in [4.78, 5) is 0. The lowest BCUT2D eigenvalue weighted by atomic mass is 10.00. The van der Waals surface area contributed by atoms with Crippen LogP contribution in [-0.2, 0) is 0 Å². The standard InChI is InChI=1S/C8H13N/c1-7-2-4-8(6-9)5-3-7/h2,4H,3,5-6,9H2,1H3. The second-order valence-corrected chi connectivity index (χ2v) is 2.54. The van der Waals surface area contributed by atoms with E-state index in [9.17, 15) is 0 Å². The minimum atomic E-state index is 0.726. The molecule has 0 saturated carbocycles. The molecule has 0 spiro atoms. The fourth-order valence-electron chi connectivity index (χ4n) is 0.955. The largest absolute Gasteiger partial charge is 0.327 e. The van der Waals surface area contributed by atoms with Gasteiger partial charge in [0.1, 0.15) is 0 Å². The molecule has 1 nitrogen and oxygen atoms in total. The molecule has 1 aliphatic rings. The molecule has 0 aliphatic heterocycles. The maximum atomic E-state index is 5.45. The van der Waals surface area contributed by atoms with E-state index in [0.29, 0.717) is 0 Å². The van der Waals surface area contributed by atoms with E-state index in [1.807, 2.05) is 0 Å². The first-order valence-electron chi connectivity index (χ1n) is 3.38. The third kappa shape index (κ3) is 1.68. The first-order valence-corrected chi connectivity index (χ1v) is 3.38. The molecule has 0 aromatic rings. The normalized spacial score (nSPS) is 18.9. The zero-order chi connectivity index (χ0) is 6.69. The first-order chi connectivity index (χ1) is 4.33.